The Hall–Kier alpha value is -0.620. The van der Waals surface area contributed by atoms with Gasteiger partial charge >= 0.3 is 5.97 Å². The largest absolute Gasteiger partial charge is 0.466 e. The number of hydrogen-bond acceptors (Lipinski definition) is 6. The Morgan fingerprint density at radius 1 is 1.27 bits per heavy atom. The number of esters is 1. The van der Waals surface area contributed by atoms with Gasteiger partial charge in [-0.3, -0.25) is 14.7 Å². The van der Waals surface area contributed by atoms with E-state index in [0.29, 0.717) is 32.8 Å². The number of carbonyl (C=O) groups is 1. The Morgan fingerprint density at radius 2 is 1.96 bits per heavy atom. The van der Waals surface area contributed by atoms with Crippen LogP contribution in [0.3, 0.4) is 0 Å². The van der Waals surface area contributed by atoms with Gasteiger partial charge in [-0.2, -0.15) is 0 Å². The molecule has 0 radical (unpaired) electrons. The topological polar surface area (TPSA) is 91.3 Å². The first-order valence-corrected chi connectivity index (χ1v) is 10.8. The van der Waals surface area contributed by atoms with Gasteiger partial charge in [-0.15, -0.1) is 24.0 Å². The molecule has 0 aromatic carbocycles. The molecule has 152 valence electrons. The maximum Gasteiger partial charge on any atom is 0.310 e. The van der Waals surface area contributed by atoms with E-state index in [1.165, 1.54) is 0 Å². The summed E-state index contributed by atoms with van der Waals surface area (Å²) in [6.07, 6.45) is 1.79. The van der Waals surface area contributed by atoms with Crippen LogP contribution in [0.15, 0.2) is 4.99 Å². The van der Waals surface area contributed by atoms with E-state index in [-0.39, 0.29) is 47.4 Å². The van der Waals surface area contributed by atoms with E-state index in [9.17, 15) is 13.2 Å². The molecule has 2 saturated heterocycles. The lowest BCUT2D eigenvalue weighted by molar-refractivity contribution is -0.149. The van der Waals surface area contributed by atoms with E-state index < -0.39 is 9.84 Å². The van der Waals surface area contributed by atoms with Gasteiger partial charge in [-0.1, -0.05) is 0 Å². The number of guanidine groups is 1. The van der Waals surface area contributed by atoms with Crippen LogP contribution < -0.4 is 5.32 Å². The second-order valence-electron chi connectivity index (χ2n) is 6.50. The second-order valence-corrected chi connectivity index (χ2v) is 8.81. The summed E-state index contributed by atoms with van der Waals surface area (Å²) in [7, 11) is -1.10. The normalized spacial score (nSPS) is 23.8. The first-order valence-electron chi connectivity index (χ1n) is 9.00. The van der Waals surface area contributed by atoms with Crippen LogP contribution >= 0.6 is 24.0 Å². The molecule has 0 saturated carbocycles. The zero-order valence-electron chi connectivity index (χ0n) is 15.6. The molecule has 0 aromatic rings. The number of nitrogens with zero attached hydrogens (tertiary/aromatic N) is 3. The molecule has 2 heterocycles. The minimum absolute atomic E-state index is 0. The zero-order valence-corrected chi connectivity index (χ0v) is 18.8. The molecule has 0 bridgehead atoms. The fourth-order valence-corrected chi connectivity index (χ4v) is 4.53. The van der Waals surface area contributed by atoms with Crippen molar-refractivity contribution in [3.8, 4) is 0 Å². The molecule has 0 amide bonds. The van der Waals surface area contributed by atoms with Crippen LogP contribution in [-0.4, -0.2) is 94.6 Å². The highest BCUT2D eigenvalue weighted by Gasteiger charge is 2.28. The molecule has 1 N–H and O–H groups in total. The highest BCUT2D eigenvalue weighted by atomic mass is 127. The fraction of sp³-hybridized carbons (Fsp3) is 0.875. The molecule has 1 unspecified atom stereocenters. The lowest BCUT2D eigenvalue weighted by Gasteiger charge is -2.34. The van der Waals surface area contributed by atoms with E-state index in [1.54, 1.807) is 7.05 Å². The van der Waals surface area contributed by atoms with Gasteiger partial charge < -0.3 is 15.0 Å². The molecular formula is C16H31IN4O4S. The molecule has 2 aliphatic rings. The van der Waals surface area contributed by atoms with Gasteiger partial charge in [0.1, 0.15) is 0 Å². The summed E-state index contributed by atoms with van der Waals surface area (Å²) in [6, 6.07) is 0. The third kappa shape index (κ3) is 7.18. The number of nitrogens with one attached hydrogen (secondary N) is 1. The van der Waals surface area contributed by atoms with Crippen molar-refractivity contribution in [3.05, 3.63) is 0 Å². The van der Waals surface area contributed by atoms with Crippen LogP contribution in [0.4, 0.5) is 0 Å². The number of sulfone groups is 1. The highest BCUT2D eigenvalue weighted by molar-refractivity contribution is 14.0. The SMILES string of the molecule is CCOC(=O)C1CCCN(C(=NC)NCCN2CCS(=O)(=O)CC2)C1.I. The van der Waals surface area contributed by atoms with Gasteiger partial charge in [0.15, 0.2) is 15.8 Å². The van der Waals surface area contributed by atoms with Crippen LogP contribution in [0.2, 0.25) is 0 Å². The fourth-order valence-electron chi connectivity index (χ4n) is 3.25. The van der Waals surface area contributed by atoms with Gasteiger partial charge in [-0.05, 0) is 19.8 Å². The lowest BCUT2D eigenvalue weighted by Crippen LogP contribution is -2.50. The average Bonchev–Trinajstić information content (AvgIpc) is 2.60. The standard InChI is InChI=1S/C16H30N4O4S.HI/c1-3-24-15(21)14-5-4-7-20(13-14)16(17-2)18-6-8-19-9-11-25(22,23)12-10-19;/h14H,3-13H2,1-2H3,(H,17,18);1H. The van der Waals surface area contributed by atoms with Crippen LogP contribution in [0.25, 0.3) is 0 Å². The molecule has 2 fully saturated rings. The molecule has 26 heavy (non-hydrogen) atoms. The lowest BCUT2D eigenvalue weighted by atomic mass is 9.98. The number of aliphatic imine (C=N–C) groups is 1. The van der Waals surface area contributed by atoms with Crippen molar-refractivity contribution >= 4 is 45.7 Å². The predicted molar refractivity (Wildman–Crippen MR) is 113 cm³/mol. The highest BCUT2D eigenvalue weighted by Crippen LogP contribution is 2.18. The summed E-state index contributed by atoms with van der Waals surface area (Å²) in [5, 5.41) is 3.33. The number of ether oxygens (including phenoxy) is 1. The minimum Gasteiger partial charge on any atom is -0.466 e. The van der Waals surface area contributed by atoms with Crippen LogP contribution in [0.5, 0.6) is 0 Å². The first-order chi connectivity index (χ1) is 11.9. The quantitative estimate of drug-likeness (QED) is 0.248. The van der Waals surface area contributed by atoms with Gasteiger partial charge in [0.25, 0.3) is 0 Å². The summed E-state index contributed by atoms with van der Waals surface area (Å²) in [5.41, 5.74) is 0. The Morgan fingerprint density at radius 3 is 2.58 bits per heavy atom. The van der Waals surface area contributed by atoms with E-state index in [1.807, 2.05) is 6.92 Å². The van der Waals surface area contributed by atoms with Crippen molar-refractivity contribution in [2.75, 3.05) is 64.4 Å². The molecule has 10 heteroatoms. The third-order valence-electron chi connectivity index (χ3n) is 4.70. The number of rotatable bonds is 5. The summed E-state index contributed by atoms with van der Waals surface area (Å²) >= 11 is 0. The Labute approximate surface area is 173 Å². The van der Waals surface area contributed by atoms with Gasteiger partial charge in [0.2, 0.25) is 0 Å². The molecular weight excluding hydrogens is 471 g/mol. The predicted octanol–water partition coefficient (Wildman–Crippen LogP) is 0.185. The van der Waals surface area contributed by atoms with Crippen LogP contribution in [-0.2, 0) is 19.4 Å². The van der Waals surface area contributed by atoms with Gasteiger partial charge in [0, 0.05) is 46.3 Å². The summed E-state index contributed by atoms with van der Waals surface area (Å²) in [5.74, 6) is 1.06. The monoisotopic (exact) mass is 502 g/mol. The molecule has 0 aromatic heterocycles. The van der Waals surface area contributed by atoms with Gasteiger partial charge in [0.05, 0.1) is 24.0 Å². The number of carbonyl (C=O) groups excluding carboxylic acids is 1. The molecule has 2 aliphatic heterocycles. The van der Waals surface area contributed by atoms with E-state index in [4.69, 9.17) is 4.74 Å². The Balaban J connectivity index is 0.00000338. The van der Waals surface area contributed by atoms with Crippen LogP contribution in [0, 0.1) is 5.92 Å². The van der Waals surface area contributed by atoms with Crippen molar-refractivity contribution in [1.29, 1.82) is 0 Å². The molecule has 8 nitrogen and oxygen atoms in total. The number of hydrogen-bond donors (Lipinski definition) is 1. The van der Waals surface area contributed by atoms with Crippen molar-refractivity contribution in [3.63, 3.8) is 0 Å². The molecule has 0 aliphatic carbocycles. The van der Waals surface area contributed by atoms with Crippen molar-refractivity contribution < 1.29 is 17.9 Å². The maximum absolute atomic E-state index is 12.0. The van der Waals surface area contributed by atoms with E-state index in [2.05, 4.69) is 20.1 Å². The van der Waals surface area contributed by atoms with Crippen LogP contribution in [0.1, 0.15) is 19.8 Å². The van der Waals surface area contributed by atoms with Gasteiger partial charge in [-0.25, -0.2) is 8.42 Å². The van der Waals surface area contributed by atoms with Crippen molar-refractivity contribution in [1.82, 2.24) is 15.1 Å². The smallest absolute Gasteiger partial charge is 0.310 e. The summed E-state index contributed by atoms with van der Waals surface area (Å²) < 4.78 is 28.1. The Bertz CT molecular complexity index is 571. The zero-order chi connectivity index (χ0) is 18.3. The van der Waals surface area contributed by atoms with E-state index >= 15 is 0 Å². The average molecular weight is 502 g/mol. The number of halogens is 1. The van der Waals surface area contributed by atoms with Crippen molar-refractivity contribution in [2.24, 2.45) is 10.9 Å². The minimum atomic E-state index is -2.84. The molecule has 1 atom stereocenters. The second kappa shape index (κ2) is 11.3. The first kappa shape index (κ1) is 23.4. The third-order valence-corrected chi connectivity index (χ3v) is 6.31. The van der Waals surface area contributed by atoms with E-state index in [0.717, 1.165) is 31.9 Å². The maximum atomic E-state index is 12.0. The summed E-state index contributed by atoms with van der Waals surface area (Å²) in [6.45, 7) is 6.40. The number of likely N-dealkylation sites (tertiary alicyclic amines) is 1. The molecule has 0 spiro atoms. The summed E-state index contributed by atoms with van der Waals surface area (Å²) in [4.78, 5) is 20.5. The number of piperidine rings is 1. The van der Waals surface area contributed by atoms with Crippen molar-refractivity contribution in [2.45, 2.75) is 19.8 Å². The molecule has 2 rings (SSSR count). The Kier molecular flexibility index (Phi) is 10.2.